The number of nitrogens with zero attached hydrogens (tertiary/aromatic N) is 1. The number of benzene rings is 1. The number of hydrogen-bond donors (Lipinski definition) is 1. The summed E-state index contributed by atoms with van der Waals surface area (Å²) in [7, 11) is 0. The molecule has 0 saturated carbocycles. The van der Waals surface area contributed by atoms with Crippen molar-refractivity contribution in [2.75, 3.05) is 0 Å². The molecule has 0 aliphatic rings. The van der Waals surface area contributed by atoms with Crippen LogP contribution in [0.25, 0.3) is 0 Å². The molecule has 0 atom stereocenters. The molecule has 0 fully saturated rings. The van der Waals surface area contributed by atoms with Gasteiger partial charge >= 0.3 is 0 Å². The van der Waals surface area contributed by atoms with Gasteiger partial charge in [0.15, 0.2) is 5.75 Å². The van der Waals surface area contributed by atoms with Gasteiger partial charge in [-0.2, -0.15) is 5.10 Å². The van der Waals surface area contributed by atoms with E-state index < -0.39 is 0 Å². The van der Waals surface area contributed by atoms with Crippen LogP contribution in [0.3, 0.4) is 0 Å². The third kappa shape index (κ3) is 3.49. The third-order valence-electron chi connectivity index (χ3n) is 2.43. The summed E-state index contributed by atoms with van der Waals surface area (Å²) in [5, 5.41) is 7.83. The summed E-state index contributed by atoms with van der Waals surface area (Å²) in [6, 6.07) is 4.92. The summed E-state index contributed by atoms with van der Waals surface area (Å²) in [6.45, 7) is 3.32. The van der Waals surface area contributed by atoms with Crippen molar-refractivity contribution >= 4 is 29.0 Å². The van der Waals surface area contributed by atoms with Crippen LogP contribution in [0.1, 0.15) is 18.3 Å². The minimum absolute atomic E-state index is 0.0143. The molecular weight excluding hydrogens is 287 g/mol. The lowest BCUT2D eigenvalue weighted by atomic mass is 10.2. The fourth-order valence-electron chi connectivity index (χ4n) is 1.67. The van der Waals surface area contributed by atoms with Crippen LogP contribution in [0.4, 0.5) is 0 Å². The van der Waals surface area contributed by atoms with Crippen LogP contribution in [0.15, 0.2) is 18.2 Å². The highest BCUT2D eigenvalue weighted by Gasteiger charge is 2.14. The molecule has 0 aliphatic carbocycles. The number of hydrogen-bond acceptors (Lipinski definition) is 3. The van der Waals surface area contributed by atoms with Gasteiger partial charge in [-0.05, 0) is 32.0 Å². The van der Waals surface area contributed by atoms with Crippen molar-refractivity contribution in [2.45, 2.75) is 20.3 Å². The Kier molecular flexibility index (Phi) is 4.12. The molecule has 0 radical (unpaired) electrons. The van der Waals surface area contributed by atoms with Gasteiger partial charge in [-0.1, -0.05) is 23.2 Å². The lowest BCUT2D eigenvalue weighted by Gasteiger charge is -2.07. The van der Waals surface area contributed by atoms with Crippen LogP contribution < -0.4 is 4.74 Å². The summed E-state index contributed by atoms with van der Waals surface area (Å²) in [4.78, 5) is 11.2. The predicted molar refractivity (Wildman–Crippen MR) is 74.2 cm³/mol. The van der Waals surface area contributed by atoms with E-state index >= 15 is 0 Å². The Balaban J connectivity index is 2.32. The van der Waals surface area contributed by atoms with Crippen LogP contribution in [0.5, 0.6) is 11.5 Å². The summed E-state index contributed by atoms with van der Waals surface area (Å²) in [5.41, 5.74) is 1.31. The monoisotopic (exact) mass is 298 g/mol. The van der Waals surface area contributed by atoms with Gasteiger partial charge in [0, 0.05) is 10.0 Å². The normalized spacial score (nSPS) is 10.5. The standard InChI is InChI=1S/C13H12Cl2N2O2/c1-7(18)3-12-13(8(2)16-17-12)19-11-5-9(14)4-10(15)6-11/h4-6H,3H2,1-2H3,(H,16,17). The molecule has 1 aromatic carbocycles. The molecule has 2 rings (SSSR count). The van der Waals surface area contributed by atoms with E-state index in [1.165, 1.54) is 6.92 Å². The molecular formula is C13H12Cl2N2O2. The van der Waals surface area contributed by atoms with Gasteiger partial charge in [0.05, 0.1) is 12.1 Å². The van der Waals surface area contributed by atoms with Gasteiger partial charge in [0.25, 0.3) is 0 Å². The van der Waals surface area contributed by atoms with E-state index in [4.69, 9.17) is 27.9 Å². The maximum absolute atomic E-state index is 11.2. The van der Waals surface area contributed by atoms with E-state index in [2.05, 4.69) is 10.2 Å². The zero-order valence-corrected chi connectivity index (χ0v) is 12.0. The Morgan fingerprint density at radius 3 is 2.53 bits per heavy atom. The zero-order valence-electron chi connectivity index (χ0n) is 10.5. The fourth-order valence-corrected chi connectivity index (χ4v) is 2.17. The van der Waals surface area contributed by atoms with Crippen LogP contribution in [0, 0.1) is 6.92 Å². The molecule has 100 valence electrons. The first kappa shape index (κ1) is 13.9. The second-order valence-electron chi connectivity index (χ2n) is 4.21. The van der Waals surface area contributed by atoms with Crippen molar-refractivity contribution in [1.29, 1.82) is 0 Å². The molecule has 6 heteroatoms. The Morgan fingerprint density at radius 2 is 1.95 bits per heavy atom. The molecule has 1 N–H and O–H groups in total. The van der Waals surface area contributed by atoms with Crippen molar-refractivity contribution in [3.05, 3.63) is 39.6 Å². The molecule has 2 aromatic rings. The lowest BCUT2D eigenvalue weighted by molar-refractivity contribution is -0.116. The molecule has 0 spiro atoms. The number of H-pyrrole nitrogens is 1. The summed E-state index contributed by atoms with van der Waals surface area (Å²) in [6.07, 6.45) is 0.216. The van der Waals surface area contributed by atoms with E-state index in [-0.39, 0.29) is 12.2 Å². The number of rotatable bonds is 4. The van der Waals surface area contributed by atoms with Gasteiger partial charge in [-0.3, -0.25) is 9.89 Å². The molecule has 0 amide bonds. The smallest absolute Gasteiger partial charge is 0.171 e. The maximum atomic E-state index is 11.2. The molecule has 19 heavy (non-hydrogen) atoms. The first-order chi connectivity index (χ1) is 8.95. The number of nitrogens with one attached hydrogen (secondary N) is 1. The fraction of sp³-hybridized carbons (Fsp3) is 0.231. The Labute approximate surface area is 120 Å². The number of aromatic amines is 1. The second-order valence-corrected chi connectivity index (χ2v) is 5.08. The third-order valence-corrected chi connectivity index (χ3v) is 2.87. The van der Waals surface area contributed by atoms with Crippen molar-refractivity contribution in [3.63, 3.8) is 0 Å². The van der Waals surface area contributed by atoms with Crippen LogP contribution in [-0.2, 0) is 11.2 Å². The van der Waals surface area contributed by atoms with E-state index in [9.17, 15) is 4.79 Å². The largest absolute Gasteiger partial charge is 0.453 e. The average Bonchev–Trinajstić information content (AvgIpc) is 2.59. The molecule has 0 bridgehead atoms. The topological polar surface area (TPSA) is 55.0 Å². The first-order valence-electron chi connectivity index (χ1n) is 5.63. The quantitative estimate of drug-likeness (QED) is 0.930. The van der Waals surface area contributed by atoms with E-state index in [0.717, 1.165) is 5.69 Å². The minimum Gasteiger partial charge on any atom is -0.453 e. The number of halogens is 2. The number of carbonyl (C=O) groups excluding carboxylic acids is 1. The van der Waals surface area contributed by atoms with Crippen molar-refractivity contribution in [1.82, 2.24) is 10.2 Å². The Bertz CT molecular complexity index is 603. The lowest BCUT2D eigenvalue weighted by Crippen LogP contribution is -1.99. The maximum Gasteiger partial charge on any atom is 0.171 e. The Morgan fingerprint density at radius 1 is 1.32 bits per heavy atom. The summed E-state index contributed by atoms with van der Waals surface area (Å²) >= 11 is 11.8. The molecule has 0 saturated heterocycles. The number of Topliss-reactive ketones (excluding diaryl/α,β-unsaturated/α-hetero) is 1. The summed E-state index contributed by atoms with van der Waals surface area (Å²) in [5.74, 6) is 1.06. The van der Waals surface area contributed by atoms with E-state index in [1.54, 1.807) is 18.2 Å². The molecule has 0 aliphatic heterocycles. The Hall–Kier alpha value is -1.52. The van der Waals surface area contributed by atoms with Crippen molar-refractivity contribution in [2.24, 2.45) is 0 Å². The first-order valence-corrected chi connectivity index (χ1v) is 6.38. The van der Waals surface area contributed by atoms with E-state index in [1.807, 2.05) is 6.92 Å². The number of aryl methyl sites for hydroxylation is 1. The van der Waals surface area contributed by atoms with Crippen LogP contribution in [0.2, 0.25) is 10.0 Å². The molecule has 1 aromatic heterocycles. The average molecular weight is 299 g/mol. The number of ketones is 1. The SMILES string of the molecule is CC(=O)Cc1n[nH]c(C)c1Oc1cc(Cl)cc(Cl)c1. The van der Waals surface area contributed by atoms with Crippen LogP contribution >= 0.6 is 23.2 Å². The highest BCUT2D eigenvalue weighted by atomic mass is 35.5. The van der Waals surface area contributed by atoms with Crippen molar-refractivity contribution in [3.8, 4) is 11.5 Å². The second kappa shape index (κ2) is 5.63. The zero-order chi connectivity index (χ0) is 14.0. The van der Waals surface area contributed by atoms with Crippen LogP contribution in [-0.4, -0.2) is 16.0 Å². The van der Waals surface area contributed by atoms with Gasteiger partial charge in [-0.15, -0.1) is 0 Å². The number of carbonyl (C=O) groups is 1. The highest BCUT2D eigenvalue weighted by molar-refractivity contribution is 6.34. The van der Waals surface area contributed by atoms with Gasteiger partial charge in [0.1, 0.15) is 17.2 Å². The molecule has 0 unspecified atom stereocenters. The van der Waals surface area contributed by atoms with Gasteiger partial charge < -0.3 is 4.74 Å². The number of ether oxygens (including phenoxy) is 1. The van der Waals surface area contributed by atoms with Crippen molar-refractivity contribution < 1.29 is 9.53 Å². The molecule has 1 heterocycles. The molecule has 4 nitrogen and oxygen atoms in total. The van der Waals surface area contributed by atoms with E-state index in [0.29, 0.717) is 27.2 Å². The van der Waals surface area contributed by atoms with Gasteiger partial charge in [-0.25, -0.2) is 0 Å². The number of aromatic nitrogens is 2. The summed E-state index contributed by atoms with van der Waals surface area (Å²) < 4.78 is 5.73. The predicted octanol–water partition coefficient (Wildman–Crippen LogP) is 3.95. The highest BCUT2D eigenvalue weighted by Crippen LogP contribution is 2.31. The minimum atomic E-state index is 0.0143. The van der Waals surface area contributed by atoms with Gasteiger partial charge in [0.2, 0.25) is 0 Å².